The first-order valence-corrected chi connectivity index (χ1v) is 5.64. The molecule has 0 fully saturated rings. The van der Waals surface area contributed by atoms with E-state index in [2.05, 4.69) is 20.8 Å². The summed E-state index contributed by atoms with van der Waals surface area (Å²) in [6.45, 7) is 9.50. The molecule has 16 heavy (non-hydrogen) atoms. The van der Waals surface area contributed by atoms with Crippen LogP contribution in [0.5, 0.6) is 0 Å². The van der Waals surface area contributed by atoms with Gasteiger partial charge in [0, 0.05) is 12.5 Å². The Morgan fingerprint density at radius 2 is 2.06 bits per heavy atom. The third-order valence-electron chi connectivity index (χ3n) is 3.83. The van der Waals surface area contributed by atoms with Gasteiger partial charge in [0.2, 0.25) is 0 Å². The molecule has 3 nitrogen and oxygen atoms in total. The molecule has 1 aliphatic rings. The number of carbonyl (C=O) groups is 2. The van der Waals surface area contributed by atoms with Gasteiger partial charge >= 0.3 is 5.97 Å². The fourth-order valence-corrected chi connectivity index (χ4v) is 2.32. The van der Waals surface area contributed by atoms with E-state index in [0.29, 0.717) is 5.92 Å². The Morgan fingerprint density at radius 3 is 2.50 bits per heavy atom. The average Bonchev–Trinajstić information content (AvgIpc) is 2.14. The molecule has 90 valence electrons. The Hall–Kier alpha value is -1.12. The largest absolute Gasteiger partial charge is 0.458 e. The van der Waals surface area contributed by atoms with Crippen LogP contribution in [0.4, 0.5) is 0 Å². The number of allylic oxidation sites excluding steroid dienone is 1. The molecule has 1 rings (SSSR count). The second kappa shape index (κ2) is 4.40. The van der Waals surface area contributed by atoms with Crippen molar-refractivity contribution < 1.29 is 14.3 Å². The Morgan fingerprint density at radius 1 is 1.50 bits per heavy atom. The first-order chi connectivity index (χ1) is 7.30. The molecule has 2 atom stereocenters. The molecule has 0 aromatic heterocycles. The first-order valence-electron chi connectivity index (χ1n) is 5.64. The third-order valence-corrected chi connectivity index (χ3v) is 3.83. The van der Waals surface area contributed by atoms with E-state index >= 15 is 0 Å². The molecule has 0 aliphatic heterocycles. The van der Waals surface area contributed by atoms with Gasteiger partial charge in [-0.2, -0.15) is 0 Å². The Bertz CT molecular complexity index is 339. The van der Waals surface area contributed by atoms with Crippen molar-refractivity contribution in [1.82, 2.24) is 0 Å². The van der Waals surface area contributed by atoms with E-state index in [1.165, 1.54) is 6.92 Å². The second-order valence-electron chi connectivity index (χ2n) is 5.17. The SMILES string of the molecule is CC(=O)OC1C[C@@H](C)C(C)(C)C(C=O)=C1C. The van der Waals surface area contributed by atoms with Gasteiger partial charge in [-0.05, 0) is 30.3 Å². The lowest BCUT2D eigenvalue weighted by molar-refractivity contribution is -0.146. The van der Waals surface area contributed by atoms with Crippen LogP contribution in [0.25, 0.3) is 0 Å². The Labute approximate surface area is 96.9 Å². The van der Waals surface area contributed by atoms with Crippen LogP contribution >= 0.6 is 0 Å². The smallest absolute Gasteiger partial charge is 0.303 e. The molecular formula is C13H20O3. The highest BCUT2D eigenvalue weighted by molar-refractivity contribution is 5.77. The molecule has 0 saturated heterocycles. The van der Waals surface area contributed by atoms with Crippen molar-refractivity contribution in [2.24, 2.45) is 11.3 Å². The molecule has 1 aliphatic carbocycles. The lowest BCUT2D eigenvalue weighted by atomic mass is 9.66. The minimum absolute atomic E-state index is 0.136. The van der Waals surface area contributed by atoms with Gasteiger partial charge in [0.05, 0.1) is 0 Å². The third kappa shape index (κ3) is 2.18. The summed E-state index contributed by atoms with van der Waals surface area (Å²) in [4.78, 5) is 22.2. The fourth-order valence-electron chi connectivity index (χ4n) is 2.32. The minimum atomic E-state index is -0.290. The van der Waals surface area contributed by atoms with Crippen LogP contribution in [-0.4, -0.2) is 18.4 Å². The molecule has 0 bridgehead atoms. The predicted octanol–water partition coefficient (Wildman–Crippen LogP) is 2.50. The summed E-state index contributed by atoms with van der Waals surface area (Å²) in [6, 6.07) is 0. The zero-order valence-corrected chi connectivity index (χ0v) is 10.7. The molecule has 0 N–H and O–H groups in total. The number of aldehydes is 1. The number of rotatable bonds is 2. The van der Waals surface area contributed by atoms with Gasteiger partial charge in [-0.1, -0.05) is 20.8 Å². The maximum atomic E-state index is 11.2. The normalized spacial score (nSPS) is 28.8. The molecule has 0 aromatic carbocycles. The molecular weight excluding hydrogens is 204 g/mol. The van der Waals surface area contributed by atoms with Crippen molar-refractivity contribution in [3.63, 3.8) is 0 Å². The number of esters is 1. The summed E-state index contributed by atoms with van der Waals surface area (Å²) in [7, 11) is 0. The van der Waals surface area contributed by atoms with E-state index in [0.717, 1.165) is 23.9 Å². The van der Waals surface area contributed by atoms with Crippen LogP contribution in [0.3, 0.4) is 0 Å². The monoisotopic (exact) mass is 224 g/mol. The van der Waals surface area contributed by atoms with Crippen LogP contribution in [0.2, 0.25) is 0 Å². The van der Waals surface area contributed by atoms with Crippen molar-refractivity contribution >= 4 is 12.3 Å². The molecule has 1 unspecified atom stereocenters. The summed E-state index contributed by atoms with van der Waals surface area (Å²) < 4.78 is 5.24. The fraction of sp³-hybridized carbons (Fsp3) is 0.692. The minimum Gasteiger partial charge on any atom is -0.458 e. The van der Waals surface area contributed by atoms with Gasteiger partial charge in [-0.3, -0.25) is 9.59 Å². The van der Waals surface area contributed by atoms with Crippen molar-refractivity contribution in [3.8, 4) is 0 Å². The Balaban J connectivity index is 3.11. The maximum Gasteiger partial charge on any atom is 0.303 e. The van der Waals surface area contributed by atoms with Crippen molar-refractivity contribution in [2.45, 2.75) is 47.1 Å². The summed E-state index contributed by atoms with van der Waals surface area (Å²) in [5.41, 5.74) is 1.54. The van der Waals surface area contributed by atoms with Gasteiger partial charge in [-0.25, -0.2) is 0 Å². The van der Waals surface area contributed by atoms with Gasteiger partial charge < -0.3 is 4.74 Å². The van der Waals surface area contributed by atoms with E-state index in [4.69, 9.17) is 4.74 Å². The molecule has 0 radical (unpaired) electrons. The van der Waals surface area contributed by atoms with E-state index in [1.54, 1.807) is 0 Å². The van der Waals surface area contributed by atoms with Crippen LogP contribution in [0.1, 0.15) is 41.0 Å². The lowest BCUT2D eigenvalue weighted by Gasteiger charge is -2.41. The molecule has 0 saturated carbocycles. The first kappa shape index (κ1) is 12.9. The van der Waals surface area contributed by atoms with Crippen molar-refractivity contribution in [2.75, 3.05) is 0 Å². The molecule has 0 heterocycles. The van der Waals surface area contributed by atoms with Crippen LogP contribution in [0, 0.1) is 11.3 Å². The quantitative estimate of drug-likeness (QED) is 0.534. The highest BCUT2D eigenvalue weighted by Crippen LogP contribution is 2.44. The van der Waals surface area contributed by atoms with Crippen molar-refractivity contribution in [1.29, 1.82) is 0 Å². The predicted molar refractivity (Wildman–Crippen MR) is 61.9 cm³/mol. The average molecular weight is 224 g/mol. The van der Waals surface area contributed by atoms with E-state index in [9.17, 15) is 9.59 Å². The zero-order valence-electron chi connectivity index (χ0n) is 10.7. The highest BCUT2D eigenvalue weighted by Gasteiger charge is 2.39. The summed E-state index contributed by atoms with van der Waals surface area (Å²) >= 11 is 0. The topological polar surface area (TPSA) is 43.4 Å². The molecule has 0 aromatic rings. The molecule has 3 heteroatoms. The van der Waals surface area contributed by atoms with Gasteiger partial charge in [0.25, 0.3) is 0 Å². The maximum absolute atomic E-state index is 11.2. The van der Waals surface area contributed by atoms with Crippen LogP contribution < -0.4 is 0 Å². The molecule has 0 amide bonds. The van der Waals surface area contributed by atoms with Crippen LogP contribution in [-0.2, 0) is 14.3 Å². The highest BCUT2D eigenvalue weighted by atomic mass is 16.5. The Kier molecular flexibility index (Phi) is 3.56. The van der Waals surface area contributed by atoms with E-state index in [1.807, 2.05) is 6.92 Å². The summed E-state index contributed by atoms with van der Waals surface area (Å²) in [5.74, 6) is 0.0299. The number of hydrogen-bond acceptors (Lipinski definition) is 3. The molecule has 0 spiro atoms. The van der Waals surface area contributed by atoms with Gasteiger partial charge in [0.1, 0.15) is 12.4 Å². The number of ether oxygens (including phenoxy) is 1. The van der Waals surface area contributed by atoms with Gasteiger partial charge in [-0.15, -0.1) is 0 Å². The number of hydrogen-bond donors (Lipinski definition) is 0. The second-order valence-corrected chi connectivity index (χ2v) is 5.17. The van der Waals surface area contributed by atoms with E-state index < -0.39 is 0 Å². The summed E-state index contributed by atoms with van der Waals surface area (Å²) in [5, 5.41) is 0. The zero-order chi connectivity index (χ0) is 12.5. The van der Waals surface area contributed by atoms with Crippen molar-refractivity contribution in [3.05, 3.63) is 11.1 Å². The van der Waals surface area contributed by atoms with Crippen LogP contribution in [0.15, 0.2) is 11.1 Å². The summed E-state index contributed by atoms with van der Waals surface area (Å²) in [6.07, 6.45) is 1.46. The number of carbonyl (C=O) groups excluding carboxylic acids is 2. The lowest BCUT2D eigenvalue weighted by Crippen LogP contribution is -2.37. The standard InChI is InChI=1S/C13H20O3/c1-8-6-12(16-10(3)15)9(2)11(7-14)13(8,4)5/h7-8,12H,6H2,1-5H3/t8-,12?/m1/s1. The van der Waals surface area contributed by atoms with Gasteiger partial charge in [0.15, 0.2) is 0 Å². The van der Waals surface area contributed by atoms with E-state index in [-0.39, 0.29) is 17.5 Å².